The average molecular weight is 305 g/mol. The van der Waals surface area contributed by atoms with Gasteiger partial charge in [0.25, 0.3) is 0 Å². The van der Waals surface area contributed by atoms with Crippen LogP contribution in [-0.4, -0.2) is 31.1 Å². The number of nitrogens with one attached hydrogen (secondary N) is 1. The summed E-state index contributed by atoms with van der Waals surface area (Å²) in [5.74, 6) is 0. The summed E-state index contributed by atoms with van der Waals surface area (Å²) in [7, 11) is 0. The monoisotopic (exact) mass is 304 g/mol. The zero-order chi connectivity index (χ0) is 12.0. The van der Waals surface area contributed by atoms with Crippen LogP contribution >= 0.6 is 27.3 Å². The molecule has 0 saturated heterocycles. The maximum Gasteiger partial charge on any atom is 0.0314 e. The van der Waals surface area contributed by atoms with Crippen LogP contribution in [-0.2, 0) is 6.54 Å². The van der Waals surface area contributed by atoms with E-state index in [-0.39, 0.29) is 0 Å². The lowest BCUT2D eigenvalue weighted by atomic mass is 10.4. The van der Waals surface area contributed by atoms with E-state index in [0.717, 1.165) is 32.7 Å². The minimum absolute atomic E-state index is 0.984. The normalized spacial score (nSPS) is 11.3. The molecule has 1 heterocycles. The Morgan fingerprint density at radius 2 is 2.06 bits per heavy atom. The zero-order valence-corrected chi connectivity index (χ0v) is 12.7. The van der Waals surface area contributed by atoms with Crippen LogP contribution in [0.4, 0.5) is 0 Å². The average Bonchev–Trinajstić information content (AvgIpc) is 2.59. The van der Waals surface area contributed by atoms with Crippen molar-refractivity contribution >= 4 is 27.3 Å². The molecule has 0 spiro atoms. The number of thiophene rings is 1. The quantitative estimate of drug-likeness (QED) is 0.778. The van der Waals surface area contributed by atoms with Crippen molar-refractivity contribution in [1.29, 1.82) is 0 Å². The molecule has 1 aromatic heterocycles. The molecule has 4 heteroatoms. The molecule has 1 rings (SSSR count). The summed E-state index contributed by atoms with van der Waals surface area (Å²) in [6, 6.07) is 2.21. The van der Waals surface area contributed by atoms with Gasteiger partial charge in [-0.1, -0.05) is 13.8 Å². The smallest absolute Gasteiger partial charge is 0.0314 e. The van der Waals surface area contributed by atoms with Crippen molar-refractivity contribution < 1.29 is 0 Å². The Morgan fingerprint density at radius 1 is 1.38 bits per heavy atom. The Balaban J connectivity index is 2.20. The third kappa shape index (κ3) is 4.53. The van der Waals surface area contributed by atoms with Crippen LogP contribution in [0.1, 0.15) is 23.6 Å². The standard InChI is InChI=1S/C12H21BrN2S/c1-4-15(5-2)7-6-14-9-11-8-12(13)10(3)16-11/h8,14H,4-7,9H2,1-3H3. The predicted molar refractivity (Wildman–Crippen MR) is 76.3 cm³/mol. The van der Waals surface area contributed by atoms with Gasteiger partial charge in [-0.05, 0) is 42.0 Å². The lowest BCUT2D eigenvalue weighted by Crippen LogP contribution is -2.31. The number of hydrogen-bond acceptors (Lipinski definition) is 3. The number of likely N-dealkylation sites (N-methyl/N-ethyl adjacent to an activating group) is 1. The van der Waals surface area contributed by atoms with Gasteiger partial charge in [0.1, 0.15) is 0 Å². The summed E-state index contributed by atoms with van der Waals surface area (Å²) in [6.07, 6.45) is 0. The molecule has 1 aromatic rings. The van der Waals surface area contributed by atoms with Crippen LogP contribution in [0, 0.1) is 6.92 Å². The van der Waals surface area contributed by atoms with Crippen LogP contribution < -0.4 is 5.32 Å². The maximum atomic E-state index is 3.55. The van der Waals surface area contributed by atoms with Crippen molar-refractivity contribution in [3.8, 4) is 0 Å². The Labute approximate surface area is 111 Å². The molecule has 0 bridgehead atoms. The molecule has 92 valence electrons. The lowest BCUT2D eigenvalue weighted by Gasteiger charge is -2.17. The fraction of sp³-hybridized carbons (Fsp3) is 0.667. The molecule has 0 aliphatic heterocycles. The highest BCUT2D eigenvalue weighted by Gasteiger charge is 2.02. The molecule has 0 aliphatic rings. The van der Waals surface area contributed by atoms with Crippen LogP contribution in [0.5, 0.6) is 0 Å². The molecule has 0 amide bonds. The molecule has 2 nitrogen and oxygen atoms in total. The molecule has 0 aliphatic carbocycles. The number of hydrogen-bond donors (Lipinski definition) is 1. The Morgan fingerprint density at radius 3 is 2.56 bits per heavy atom. The third-order valence-electron chi connectivity index (χ3n) is 2.71. The second-order valence-electron chi connectivity index (χ2n) is 3.82. The number of rotatable bonds is 7. The van der Waals surface area contributed by atoms with Gasteiger partial charge in [0.15, 0.2) is 0 Å². The molecule has 0 atom stereocenters. The summed E-state index contributed by atoms with van der Waals surface area (Å²) < 4.78 is 1.23. The van der Waals surface area contributed by atoms with Crippen LogP contribution in [0.3, 0.4) is 0 Å². The fourth-order valence-corrected chi connectivity index (χ4v) is 3.16. The first-order valence-corrected chi connectivity index (χ1v) is 7.46. The van der Waals surface area contributed by atoms with E-state index in [1.54, 1.807) is 0 Å². The van der Waals surface area contributed by atoms with Crippen LogP contribution in [0.15, 0.2) is 10.5 Å². The number of halogens is 1. The van der Waals surface area contributed by atoms with E-state index in [0.29, 0.717) is 0 Å². The van der Waals surface area contributed by atoms with Gasteiger partial charge in [-0.2, -0.15) is 0 Å². The zero-order valence-electron chi connectivity index (χ0n) is 10.3. The SMILES string of the molecule is CCN(CC)CCNCc1cc(Br)c(C)s1. The third-order valence-corrected chi connectivity index (χ3v) is 4.84. The first kappa shape index (κ1) is 14.2. The van der Waals surface area contributed by atoms with Gasteiger partial charge >= 0.3 is 0 Å². The van der Waals surface area contributed by atoms with E-state index >= 15 is 0 Å². The molecular weight excluding hydrogens is 284 g/mol. The van der Waals surface area contributed by atoms with Crippen molar-refractivity contribution in [2.24, 2.45) is 0 Å². The number of aryl methyl sites for hydroxylation is 1. The van der Waals surface area contributed by atoms with Gasteiger partial charge in [0.2, 0.25) is 0 Å². The van der Waals surface area contributed by atoms with Crippen molar-refractivity contribution in [1.82, 2.24) is 10.2 Å². The van der Waals surface area contributed by atoms with E-state index in [1.807, 2.05) is 11.3 Å². The summed E-state index contributed by atoms with van der Waals surface area (Å²) in [5, 5.41) is 3.49. The fourth-order valence-electron chi connectivity index (χ4n) is 1.59. The largest absolute Gasteiger partial charge is 0.311 e. The first-order valence-electron chi connectivity index (χ1n) is 5.85. The summed E-state index contributed by atoms with van der Waals surface area (Å²) >= 11 is 5.41. The van der Waals surface area contributed by atoms with Crippen LogP contribution in [0.25, 0.3) is 0 Å². The van der Waals surface area contributed by atoms with E-state index < -0.39 is 0 Å². The van der Waals surface area contributed by atoms with Gasteiger partial charge in [0.05, 0.1) is 0 Å². The molecule has 0 radical (unpaired) electrons. The minimum atomic E-state index is 0.984. The van der Waals surface area contributed by atoms with Crippen molar-refractivity contribution in [2.45, 2.75) is 27.3 Å². The number of nitrogens with zero attached hydrogens (tertiary/aromatic N) is 1. The summed E-state index contributed by atoms with van der Waals surface area (Å²) in [6.45, 7) is 12.0. The molecular formula is C12H21BrN2S. The van der Waals surface area contributed by atoms with Gasteiger partial charge < -0.3 is 10.2 Å². The Bertz CT molecular complexity index is 288. The molecule has 1 N–H and O–H groups in total. The van der Waals surface area contributed by atoms with E-state index in [4.69, 9.17) is 0 Å². The van der Waals surface area contributed by atoms with Gasteiger partial charge in [-0.15, -0.1) is 11.3 Å². The minimum Gasteiger partial charge on any atom is -0.311 e. The first-order chi connectivity index (χ1) is 7.67. The predicted octanol–water partition coefficient (Wildman–Crippen LogP) is 3.25. The van der Waals surface area contributed by atoms with E-state index in [2.05, 4.69) is 53.0 Å². The highest BCUT2D eigenvalue weighted by Crippen LogP contribution is 2.25. The highest BCUT2D eigenvalue weighted by molar-refractivity contribution is 9.10. The molecule has 16 heavy (non-hydrogen) atoms. The van der Waals surface area contributed by atoms with Gasteiger partial charge in [-0.25, -0.2) is 0 Å². The molecule has 0 saturated carbocycles. The second-order valence-corrected chi connectivity index (χ2v) is 6.02. The Hall–Kier alpha value is 0.1000. The Kier molecular flexibility index (Phi) is 6.58. The van der Waals surface area contributed by atoms with Crippen molar-refractivity contribution in [3.05, 3.63) is 20.3 Å². The van der Waals surface area contributed by atoms with Gasteiger partial charge in [0, 0.05) is 33.9 Å². The lowest BCUT2D eigenvalue weighted by molar-refractivity contribution is 0.302. The van der Waals surface area contributed by atoms with Crippen LogP contribution in [0.2, 0.25) is 0 Å². The maximum absolute atomic E-state index is 3.55. The van der Waals surface area contributed by atoms with E-state index in [1.165, 1.54) is 14.2 Å². The topological polar surface area (TPSA) is 15.3 Å². The van der Waals surface area contributed by atoms with E-state index in [9.17, 15) is 0 Å². The second kappa shape index (κ2) is 7.43. The van der Waals surface area contributed by atoms with Crippen molar-refractivity contribution in [3.63, 3.8) is 0 Å². The van der Waals surface area contributed by atoms with Crippen molar-refractivity contribution in [2.75, 3.05) is 26.2 Å². The molecule has 0 fully saturated rings. The molecule has 0 aromatic carbocycles. The summed E-state index contributed by atoms with van der Waals surface area (Å²) in [4.78, 5) is 5.20. The molecule has 0 unspecified atom stereocenters. The van der Waals surface area contributed by atoms with Gasteiger partial charge in [-0.3, -0.25) is 0 Å². The summed E-state index contributed by atoms with van der Waals surface area (Å²) in [5.41, 5.74) is 0. The highest BCUT2D eigenvalue weighted by atomic mass is 79.9.